The molecule has 84 valence electrons. The van der Waals surface area contributed by atoms with Gasteiger partial charge < -0.3 is 10.7 Å². The van der Waals surface area contributed by atoms with Crippen LogP contribution in [0, 0.1) is 5.92 Å². The van der Waals surface area contributed by atoms with E-state index in [4.69, 9.17) is 5.73 Å². The summed E-state index contributed by atoms with van der Waals surface area (Å²) >= 11 is 0. The van der Waals surface area contributed by atoms with E-state index in [0.717, 1.165) is 12.8 Å². The van der Waals surface area contributed by atoms with Crippen LogP contribution in [0.4, 0.5) is 5.95 Å². The van der Waals surface area contributed by atoms with E-state index in [1.807, 2.05) is 0 Å². The molecule has 2 aromatic heterocycles. The Kier molecular flexibility index (Phi) is 1.71. The van der Waals surface area contributed by atoms with Crippen LogP contribution in [-0.2, 0) is 6.54 Å². The molecule has 0 amide bonds. The first kappa shape index (κ1) is 9.20. The van der Waals surface area contributed by atoms with Gasteiger partial charge in [0.1, 0.15) is 0 Å². The maximum absolute atomic E-state index is 11.6. The summed E-state index contributed by atoms with van der Waals surface area (Å²) in [5.41, 5.74) is 5.20. The van der Waals surface area contributed by atoms with Crippen molar-refractivity contribution in [2.45, 2.75) is 19.4 Å². The molecule has 0 aliphatic heterocycles. The molecule has 1 fully saturated rings. The lowest BCUT2D eigenvalue weighted by Gasteiger charge is -2.03. The van der Waals surface area contributed by atoms with Crippen molar-refractivity contribution in [1.29, 1.82) is 0 Å². The number of anilines is 1. The maximum Gasteiger partial charge on any atom is 0.330 e. The number of fused-ring (bicyclic) bond motifs is 1. The monoisotopic (exact) mass is 221 g/mol. The van der Waals surface area contributed by atoms with E-state index in [9.17, 15) is 9.59 Å². The molecule has 7 heteroatoms. The number of imidazole rings is 1. The van der Waals surface area contributed by atoms with Crippen molar-refractivity contribution in [2.75, 3.05) is 5.73 Å². The SMILES string of the molecule is Nc1nc2c([nH]1)c(=O)[nH]c(=O)n2CC1CC1. The number of rotatable bonds is 2. The van der Waals surface area contributed by atoms with Crippen LogP contribution in [0.2, 0.25) is 0 Å². The van der Waals surface area contributed by atoms with Gasteiger partial charge in [-0.2, -0.15) is 4.98 Å². The van der Waals surface area contributed by atoms with Gasteiger partial charge in [-0.05, 0) is 18.8 Å². The molecule has 1 aliphatic rings. The molecule has 7 nitrogen and oxygen atoms in total. The van der Waals surface area contributed by atoms with Gasteiger partial charge >= 0.3 is 5.69 Å². The predicted octanol–water partition coefficient (Wildman–Crippen LogP) is -0.595. The van der Waals surface area contributed by atoms with E-state index in [1.54, 1.807) is 0 Å². The minimum Gasteiger partial charge on any atom is -0.369 e. The number of aromatic nitrogens is 4. The molecule has 0 radical (unpaired) electrons. The zero-order valence-corrected chi connectivity index (χ0v) is 8.49. The van der Waals surface area contributed by atoms with Gasteiger partial charge in [0.2, 0.25) is 0 Å². The highest BCUT2D eigenvalue weighted by atomic mass is 16.2. The number of aromatic amines is 2. The van der Waals surface area contributed by atoms with E-state index in [1.165, 1.54) is 4.57 Å². The fourth-order valence-electron chi connectivity index (χ4n) is 1.79. The molecule has 0 aromatic carbocycles. The van der Waals surface area contributed by atoms with Crippen LogP contribution in [0.1, 0.15) is 12.8 Å². The number of nitrogens with two attached hydrogens (primary N) is 1. The fraction of sp³-hybridized carbons (Fsp3) is 0.444. The average molecular weight is 221 g/mol. The number of H-pyrrole nitrogens is 2. The van der Waals surface area contributed by atoms with Crippen molar-refractivity contribution >= 4 is 17.1 Å². The molecule has 2 aromatic rings. The highest BCUT2D eigenvalue weighted by molar-refractivity contribution is 5.71. The Hall–Kier alpha value is -2.05. The standard InChI is InChI=1S/C9H11N5O2/c10-8-11-5-6(12-8)14(3-4-1-2-4)9(16)13-7(5)15/h4H,1-3H2,(H3,10,11,12)(H,13,15,16). The van der Waals surface area contributed by atoms with E-state index < -0.39 is 11.2 Å². The molecule has 3 rings (SSSR count). The smallest absolute Gasteiger partial charge is 0.330 e. The molecule has 0 saturated heterocycles. The van der Waals surface area contributed by atoms with Crippen LogP contribution in [0.25, 0.3) is 11.2 Å². The highest BCUT2D eigenvalue weighted by Gasteiger charge is 2.24. The van der Waals surface area contributed by atoms with Gasteiger partial charge in [-0.3, -0.25) is 14.3 Å². The molecular weight excluding hydrogens is 210 g/mol. The summed E-state index contributed by atoms with van der Waals surface area (Å²) in [6.07, 6.45) is 2.24. The summed E-state index contributed by atoms with van der Waals surface area (Å²) in [5.74, 6) is 0.667. The summed E-state index contributed by atoms with van der Waals surface area (Å²) in [4.78, 5) is 32.0. The number of hydrogen-bond donors (Lipinski definition) is 3. The van der Waals surface area contributed by atoms with E-state index in [-0.39, 0.29) is 11.5 Å². The Morgan fingerprint density at radius 1 is 1.38 bits per heavy atom. The third-order valence-corrected chi connectivity index (χ3v) is 2.79. The highest BCUT2D eigenvalue weighted by Crippen LogP contribution is 2.30. The average Bonchev–Trinajstić information content (AvgIpc) is 2.95. The number of hydrogen-bond acceptors (Lipinski definition) is 4. The fourth-order valence-corrected chi connectivity index (χ4v) is 1.79. The van der Waals surface area contributed by atoms with Crippen LogP contribution >= 0.6 is 0 Å². The van der Waals surface area contributed by atoms with Crippen LogP contribution in [-0.4, -0.2) is 19.5 Å². The van der Waals surface area contributed by atoms with E-state index in [2.05, 4.69) is 15.0 Å². The van der Waals surface area contributed by atoms with Gasteiger partial charge in [-0.1, -0.05) is 0 Å². The summed E-state index contributed by atoms with van der Waals surface area (Å²) < 4.78 is 1.47. The van der Waals surface area contributed by atoms with Crippen molar-refractivity contribution in [3.05, 3.63) is 20.8 Å². The third-order valence-electron chi connectivity index (χ3n) is 2.79. The Labute approximate surface area is 89.3 Å². The summed E-state index contributed by atoms with van der Waals surface area (Å²) in [6.45, 7) is 0.594. The van der Waals surface area contributed by atoms with Crippen LogP contribution < -0.4 is 17.0 Å². The zero-order chi connectivity index (χ0) is 11.3. The molecule has 16 heavy (non-hydrogen) atoms. The van der Waals surface area contributed by atoms with Crippen molar-refractivity contribution < 1.29 is 0 Å². The summed E-state index contributed by atoms with van der Waals surface area (Å²) in [6, 6.07) is 0. The Morgan fingerprint density at radius 2 is 2.12 bits per heavy atom. The molecule has 1 aliphatic carbocycles. The lowest BCUT2D eigenvalue weighted by molar-refractivity contribution is 0.607. The van der Waals surface area contributed by atoms with Crippen molar-refractivity contribution in [3.63, 3.8) is 0 Å². The third kappa shape index (κ3) is 1.32. The first-order valence-corrected chi connectivity index (χ1v) is 5.13. The van der Waals surface area contributed by atoms with Crippen LogP contribution in [0.5, 0.6) is 0 Å². The largest absolute Gasteiger partial charge is 0.369 e. The second kappa shape index (κ2) is 2.97. The van der Waals surface area contributed by atoms with Gasteiger partial charge in [0.05, 0.1) is 0 Å². The first-order chi connectivity index (χ1) is 7.65. The van der Waals surface area contributed by atoms with Gasteiger partial charge in [0.15, 0.2) is 17.1 Å². The Bertz CT molecular complexity index is 661. The number of nitrogens with zero attached hydrogens (tertiary/aromatic N) is 2. The second-order valence-electron chi connectivity index (χ2n) is 4.13. The van der Waals surface area contributed by atoms with E-state index >= 15 is 0 Å². The topological polar surface area (TPSA) is 110 Å². The van der Waals surface area contributed by atoms with Crippen molar-refractivity contribution in [3.8, 4) is 0 Å². The van der Waals surface area contributed by atoms with Gasteiger partial charge in [0.25, 0.3) is 5.56 Å². The number of nitrogens with one attached hydrogen (secondary N) is 2. The van der Waals surface area contributed by atoms with Gasteiger partial charge in [0, 0.05) is 6.54 Å². The quantitative estimate of drug-likeness (QED) is 0.629. The zero-order valence-electron chi connectivity index (χ0n) is 8.49. The van der Waals surface area contributed by atoms with Crippen molar-refractivity contribution in [2.24, 2.45) is 5.92 Å². The van der Waals surface area contributed by atoms with E-state index in [0.29, 0.717) is 18.1 Å². The minimum absolute atomic E-state index is 0.149. The minimum atomic E-state index is -0.476. The van der Waals surface area contributed by atoms with Crippen molar-refractivity contribution in [1.82, 2.24) is 19.5 Å². The molecule has 0 spiro atoms. The van der Waals surface area contributed by atoms with Gasteiger partial charge in [-0.15, -0.1) is 0 Å². The molecular formula is C9H11N5O2. The lowest BCUT2D eigenvalue weighted by Crippen LogP contribution is -2.30. The lowest BCUT2D eigenvalue weighted by atomic mass is 10.4. The second-order valence-corrected chi connectivity index (χ2v) is 4.13. The molecule has 0 atom stereocenters. The summed E-state index contributed by atoms with van der Waals surface area (Å²) in [7, 11) is 0. The van der Waals surface area contributed by atoms with Crippen LogP contribution in [0.3, 0.4) is 0 Å². The first-order valence-electron chi connectivity index (χ1n) is 5.13. The molecule has 1 saturated carbocycles. The number of nitrogen functional groups attached to an aromatic ring is 1. The Balaban J connectivity index is 2.31. The molecule has 4 N–H and O–H groups in total. The molecule has 0 unspecified atom stereocenters. The molecule has 0 bridgehead atoms. The molecule has 2 heterocycles. The van der Waals surface area contributed by atoms with Crippen LogP contribution in [0.15, 0.2) is 9.59 Å². The predicted molar refractivity (Wildman–Crippen MR) is 58.1 cm³/mol. The maximum atomic E-state index is 11.6. The summed E-state index contributed by atoms with van der Waals surface area (Å²) in [5, 5.41) is 0. The normalized spacial score (nSPS) is 15.8. The Morgan fingerprint density at radius 3 is 2.81 bits per heavy atom. The van der Waals surface area contributed by atoms with Gasteiger partial charge in [-0.25, -0.2) is 4.79 Å².